The highest BCUT2D eigenvalue weighted by Crippen LogP contribution is 2.29. The zero-order chi connectivity index (χ0) is 11.3. The molecule has 0 N–H and O–H groups in total. The van der Waals surface area contributed by atoms with Gasteiger partial charge < -0.3 is 4.74 Å². The molecule has 0 aliphatic heterocycles. The Morgan fingerprint density at radius 3 is 2.40 bits per heavy atom. The standard InChI is InChI=1S/C13H24O2/c1-4-10(2)12(14)13(15-3)11-8-6-5-7-9-11/h10-11,13H,4-9H2,1-3H3. The van der Waals surface area contributed by atoms with E-state index >= 15 is 0 Å². The maximum atomic E-state index is 12.1. The molecular formula is C13H24O2. The van der Waals surface area contributed by atoms with Gasteiger partial charge in [-0.05, 0) is 25.2 Å². The van der Waals surface area contributed by atoms with E-state index in [0.29, 0.717) is 11.7 Å². The molecule has 2 atom stereocenters. The maximum Gasteiger partial charge on any atom is 0.164 e. The van der Waals surface area contributed by atoms with Crippen LogP contribution in [0.3, 0.4) is 0 Å². The minimum absolute atomic E-state index is 0.139. The lowest BCUT2D eigenvalue weighted by molar-refractivity contribution is -0.136. The molecule has 0 bridgehead atoms. The van der Waals surface area contributed by atoms with Crippen LogP contribution in [0.4, 0.5) is 0 Å². The van der Waals surface area contributed by atoms with Gasteiger partial charge in [0, 0.05) is 13.0 Å². The van der Waals surface area contributed by atoms with Crippen molar-refractivity contribution >= 4 is 5.78 Å². The van der Waals surface area contributed by atoms with Crippen molar-refractivity contribution in [2.24, 2.45) is 11.8 Å². The molecule has 88 valence electrons. The Kier molecular flexibility index (Phi) is 5.30. The Morgan fingerprint density at radius 2 is 1.93 bits per heavy atom. The maximum absolute atomic E-state index is 12.1. The average Bonchev–Trinajstić information content (AvgIpc) is 2.30. The van der Waals surface area contributed by atoms with Crippen LogP contribution in [0.2, 0.25) is 0 Å². The number of carbonyl (C=O) groups excluding carboxylic acids is 1. The number of carbonyl (C=O) groups is 1. The molecule has 2 nitrogen and oxygen atoms in total. The molecule has 1 aliphatic rings. The number of methoxy groups -OCH3 is 1. The van der Waals surface area contributed by atoms with Gasteiger partial charge in [0.2, 0.25) is 0 Å². The Bertz CT molecular complexity index is 195. The highest BCUT2D eigenvalue weighted by molar-refractivity contribution is 5.85. The fraction of sp³-hybridized carbons (Fsp3) is 0.923. The third kappa shape index (κ3) is 3.30. The van der Waals surface area contributed by atoms with Crippen LogP contribution in [0.5, 0.6) is 0 Å². The predicted molar refractivity (Wildman–Crippen MR) is 61.8 cm³/mol. The predicted octanol–water partition coefficient (Wildman–Crippen LogP) is 3.20. The molecule has 15 heavy (non-hydrogen) atoms. The molecule has 1 fully saturated rings. The minimum atomic E-state index is -0.139. The van der Waals surface area contributed by atoms with E-state index < -0.39 is 0 Å². The minimum Gasteiger partial charge on any atom is -0.373 e. The second-order valence-corrected chi connectivity index (χ2v) is 4.77. The molecule has 0 saturated heterocycles. The summed E-state index contributed by atoms with van der Waals surface area (Å²) >= 11 is 0. The molecule has 1 aliphatic carbocycles. The van der Waals surface area contributed by atoms with Crippen molar-refractivity contribution in [2.45, 2.75) is 58.5 Å². The van der Waals surface area contributed by atoms with E-state index in [9.17, 15) is 4.79 Å². The van der Waals surface area contributed by atoms with Crippen LogP contribution in [0.25, 0.3) is 0 Å². The first kappa shape index (κ1) is 12.7. The fourth-order valence-electron chi connectivity index (χ4n) is 2.46. The summed E-state index contributed by atoms with van der Waals surface area (Å²) in [5, 5.41) is 0. The van der Waals surface area contributed by atoms with Crippen molar-refractivity contribution in [2.75, 3.05) is 7.11 Å². The van der Waals surface area contributed by atoms with Crippen LogP contribution in [0.15, 0.2) is 0 Å². The zero-order valence-electron chi connectivity index (χ0n) is 10.3. The number of ether oxygens (including phenoxy) is 1. The molecule has 0 aromatic heterocycles. The van der Waals surface area contributed by atoms with E-state index in [2.05, 4.69) is 6.92 Å². The van der Waals surface area contributed by atoms with E-state index in [-0.39, 0.29) is 12.0 Å². The van der Waals surface area contributed by atoms with E-state index in [1.807, 2.05) is 6.92 Å². The van der Waals surface area contributed by atoms with Gasteiger partial charge >= 0.3 is 0 Å². The quantitative estimate of drug-likeness (QED) is 0.699. The summed E-state index contributed by atoms with van der Waals surface area (Å²) in [6.45, 7) is 4.08. The number of ketones is 1. The van der Waals surface area contributed by atoms with Crippen molar-refractivity contribution in [3.63, 3.8) is 0 Å². The van der Waals surface area contributed by atoms with Gasteiger partial charge in [0.05, 0.1) is 0 Å². The molecule has 0 aromatic rings. The fourth-order valence-corrected chi connectivity index (χ4v) is 2.46. The van der Waals surface area contributed by atoms with Gasteiger partial charge in [0.1, 0.15) is 6.10 Å². The molecule has 0 aromatic carbocycles. The highest BCUT2D eigenvalue weighted by atomic mass is 16.5. The van der Waals surface area contributed by atoms with Gasteiger partial charge in [-0.15, -0.1) is 0 Å². The average molecular weight is 212 g/mol. The second kappa shape index (κ2) is 6.26. The van der Waals surface area contributed by atoms with Crippen LogP contribution in [-0.2, 0) is 9.53 Å². The molecule has 1 rings (SSSR count). The normalized spacial score (nSPS) is 22.3. The highest BCUT2D eigenvalue weighted by Gasteiger charge is 2.31. The Balaban J connectivity index is 2.56. The molecule has 0 radical (unpaired) electrons. The summed E-state index contributed by atoms with van der Waals surface area (Å²) in [6, 6.07) is 0. The smallest absolute Gasteiger partial charge is 0.164 e. The molecule has 0 spiro atoms. The summed E-state index contributed by atoms with van der Waals surface area (Å²) < 4.78 is 5.43. The van der Waals surface area contributed by atoms with Gasteiger partial charge in [-0.25, -0.2) is 0 Å². The first-order valence-corrected chi connectivity index (χ1v) is 6.27. The third-order valence-corrected chi connectivity index (χ3v) is 3.71. The lowest BCUT2D eigenvalue weighted by Gasteiger charge is -2.29. The van der Waals surface area contributed by atoms with E-state index in [1.54, 1.807) is 7.11 Å². The zero-order valence-corrected chi connectivity index (χ0v) is 10.3. The lowest BCUT2D eigenvalue weighted by Crippen LogP contribution is -2.36. The molecular weight excluding hydrogens is 188 g/mol. The second-order valence-electron chi connectivity index (χ2n) is 4.77. The van der Waals surface area contributed by atoms with E-state index in [4.69, 9.17) is 4.74 Å². The van der Waals surface area contributed by atoms with Crippen LogP contribution < -0.4 is 0 Å². The first-order chi connectivity index (χ1) is 7.20. The van der Waals surface area contributed by atoms with Crippen molar-refractivity contribution in [3.8, 4) is 0 Å². The van der Waals surface area contributed by atoms with Crippen LogP contribution in [0.1, 0.15) is 52.4 Å². The summed E-state index contributed by atoms with van der Waals surface area (Å²) in [5.41, 5.74) is 0. The number of hydrogen-bond donors (Lipinski definition) is 0. The van der Waals surface area contributed by atoms with Crippen LogP contribution in [-0.4, -0.2) is 19.0 Å². The largest absolute Gasteiger partial charge is 0.373 e. The number of hydrogen-bond acceptors (Lipinski definition) is 2. The van der Waals surface area contributed by atoms with E-state index in [0.717, 1.165) is 6.42 Å². The van der Waals surface area contributed by atoms with Gasteiger partial charge in [-0.3, -0.25) is 4.79 Å². The van der Waals surface area contributed by atoms with Gasteiger partial charge in [0.15, 0.2) is 5.78 Å². The van der Waals surface area contributed by atoms with E-state index in [1.165, 1.54) is 32.1 Å². The van der Waals surface area contributed by atoms with Crippen molar-refractivity contribution in [1.82, 2.24) is 0 Å². The summed E-state index contributed by atoms with van der Waals surface area (Å²) in [4.78, 5) is 12.1. The van der Waals surface area contributed by atoms with Crippen molar-refractivity contribution in [1.29, 1.82) is 0 Å². The summed E-state index contributed by atoms with van der Waals surface area (Å²) in [7, 11) is 1.68. The van der Waals surface area contributed by atoms with Crippen molar-refractivity contribution < 1.29 is 9.53 Å². The molecule has 0 heterocycles. The number of Topliss-reactive ketones (excluding diaryl/α,β-unsaturated/α-hetero) is 1. The molecule has 1 saturated carbocycles. The molecule has 0 amide bonds. The number of rotatable bonds is 5. The molecule has 2 unspecified atom stereocenters. The van der Waals surface area contributed by atoms with Crippen LogP contribution in [0, 0.1) is 11.8 Å². The van der Waals surface area contributed by atoms with Gasteiger partial charge in [0.25, 0.3) is 0 Å². The third-order valence-electron chi connectivity index (χ3n) is 3.71. The van der Waals surface area contributed by atoms with Gasteiger partial charge in [-0.1, -0.05) is 33.1 Å². The monoisotopic (exact) mass is 212 g/mol. The Morgan fingerprint density at radius 1 is 1.33 bits per heavy atom. The SMILES string of the molecule is CCC(C)C(=O)C(OC)C1CCCCC1. The molecule has 2 heteroatoms. The topological polar surface area (TPSA) is 26.3 Å². The summed E-state index contributed by atoms with van der Waals surface area (Å²) in [6.07, 6.45) is 6.97. The Hall–Kier alpha value is -0.370. The van der Waals surface area contributed by atoms with Gasteiger partial charge in [-0.2, -0.15) is 0 Å². The van der Waals surface area contributed by atoms with Crippen LogP contribution >= 0.6 is 0 Å². The Labute approximate surface area is 93.4 Å². The van der Waals surface area contributed by atoms with Crippen molar-refractivity contribution in [3.05, 3.63) is 0 Å². The first-order valence-electron chi connectivity index (χ1n) is 6.27. The summed E-state index contributed by atoms with van der Waals surface area (Å²) in [5.74, 6) is 0.939. The lowest BCUT2D eigenvalue weighted by atomic mass is 9.81.